The molecular formula is C47H91NO4. The number of likely N-dealkylation sites (tertiary alicyclic amines) is 1. The summed E-state index contributed by atoms with van der Waals surface area (Å²) in [7, 11) is 0. The zero-order chi connectivity index (χ0) is 38.2. The maximum Gasteiger partial charge on any atom is 0.311 e. The van der Waals surface area contributed by atoms with Gasteiger partial charge in [0.15, 0.2) is 0 Å². The summed E-state index contributed by atoms with van der Waals surface area (Å²) >= 11 is 0. The summed E-state index contributed by atoms with van der Waals surface area (Å²) in [6.45, 7) is 16.5. The Labute approximate surface area is 325 Å². The van der Waals surface area contributed by atoms with E-state index in [1.807, 2.05) is 0 Å². The van der Waals surface area contributed by atoms with E-state index in [0.29, 0.717) is 18.4 Å². The van der Waals surface area contributed by atoms with Crippen LogP contribution in [0.5, 0.6) is 0 Å². The fourth-order valence-corrected chi connectivity index (χ4v) is 7.89. The first-order valence-electron chi connectivity index (χ1n) is 23.2. The highest BCUT2D eigenvalue weighted by Gasteiger charge is 2.33. The lowest BCUT2D eigenvalue weighted by atomic mass is 9.79. The van der Waals surface area contributed by atoms with E-state index in [2.05, 4.69) is 46.4 Å². The number of hydrogen-bond acceptors (Lipinski definition) is 5. The van der Waals surface area contributed by atoms with Crippen LogP contribution >= 0.6 is 0 Å². The molecule has 1 rings (SSSR count). The zero-order valence-corrected chi connectivity index (χ0v) is 36.1. The Bertz CT molecular complexity index is 831. The first-order chi connectivity index (χ1) is 25.1. The molecular weight excluding hydrogens is 643 g/mol. The molecule has 5 heteroatoms. The zero-order valence-electron chi connectivity index (χ0n) is 36.1. The molecule has 1 saturated heterocycles. The first-order valence-corrected chi connectivity index (χ1v) is 23.2. The summed E-state index contributed by atoms with van der Waals surface area (Å²) in [4.78, 5) is 27.7. The van der Waals surface area contributed by atoms with Gasteiger partial charge < -0.3 is 9.47 Å². The van der Waals surface area contributed by atoms with Crippen LogP contribution in [-0.2, 0) is 19.1 Å². The highest BCUT2D eigenvalue weighted by atomic mass is 16.5. The summed E-state index contributed by atoms with van der Waals surface area (Å²) in [5.41, 5.74) is -0.0990. The molecule has 0 saturated carbocycles. The molecule has 1 aliphatic heterocycles. The highest BCUT2D eigenvalue weighted by molar-refractivity contribution is 5.76. The first kappa shape index (κ1) is 48.9. The number of carbonyl (C=O) groups is 2. The van der Waals surface area contributed by atoms with Crippen molar-refractivity contribution in [3.05, 3.63) is 0 Å². The summed E-state index contributed by atoms with van der Waals surface area (Å²) in [5.74, 6) is -0.0888. The molecule has 0 unspecified atom stereocenters. The normalized spacial score (nSPS) is 14.6. The second kappa shape index (κ2) is 32.2. The van der Waals surface area contributed by atoms with Crippen molar-refractivity contribution in [1.82, 2.24) is 4.90 Å². The fraction of sp³-hybridized carbons (Fsp3) is 0.957. The second-order valence-corrected chi connectivity index (χ2v) is 18.2. The van der Waals surface area contributed by atoms with E-state index in [-0.39, 0.29) is 18.0 Å². The summed E-state index contributed by atoms with van der Waals surface area (Å²) in [6.07, 6.45) is 40.5. The summed E-state index contributed by atoms with van der Waals surface area (Å²) < 4.78 is 11.6. The molecule has 0 amide bonds. The molecule has 1 fully saturated rings. The van der Waals surface area contributed by atoms with Gasteiger partial charge in [-0.2, -0.15) is 0 Å². The minimum atomic E-state index is -0.439. The number of carbonyl (C=O) groups excluding carboxylic acids is 2. The van der Waals surface area contributed by atoms with E-state index in [9.17, 15) is 9.59 Å². The summed E-state index contributed by atoms with van der Waals surface area (Å²) in [6, 6.07) is 0. The Hall–Kier alpha value is -1.10. The maximum absolute atomic E-state index is 13.1. The van der Waals surface area contributed by atoms with Crippen LogP contribution in [0.2, 0.25) is 0 Å². The maximum atomic E-state index is 13.1. The number of nitrogens with zero attached hydrogens (tertiary/aromatic N) is 1. The van der Waals surface area contributed by atoms with Crippen LogP contribution < -0.4 is 0 Å². The van der Waals surface area contributed by atoms with E-state index in [1.165, 1.54) is 161 Å². The molecule has 0 spiro atoms. The van der Waals surface area contributed by atoms with Gasteiger partial charge in [-0.15, -0.1) is 0 Å². The van der Waals surface area contributed by atoms with Crippen molar-refractivity contribution in [2.75, 3.05) is 26.2 Å². The number of ether oxygens (including phenoxy) is 2. The largest absolute Gasteiger partial charge is 0.464 e. The van der Waals surface area contributed by atoms with E-state index >= 15 is 0 Å². The van der Waals surface area contributed by atoms with Crippen LogP contribution in [0.15, 0.2) is 0 Å². The Morgan fingerprint density at radius 2 is 0.942 bits per heavy atom. The SMILES string of the molecule is CCCCCCCCCCCCCCCCCC(=O)OCCN1CCC(OC(=O)C(C)(C)CCCC(C)(C)CCCCCCCCCCCC)CC1. The van der Waals surface area contributed by atoms with E-state index in [4.69, 9.17) is 9.47 Å². The molecule has 0 aromatic rings. The molecule has 308 valence electrons. The lowest BCUT2D eigenvalue weighted by Gasteiger charge is -2.33. The minimum Gasteiger partial charge on any atom is -0.464 e. The van der Waals surface area contributed by atoms with Gasteiger partial charge >= 0.3 is 11.9 Å². The third kappa shape index (κ3) is 28.4. The molecule has 0 atom stereocenters. The van der Waals surface area contributed by atoms with Gasteiger partial charge in [-0.05, 0) is 57.8 Å². The molecule has 5 nitrogen and oxygen atoms in total. The van der Waals surface area contributed by atoms with Crippen LogP contribution in [0.3, 0.4) is 0 Å². The van der Waals surface area contributed by atoms with Gasteiger partial charge in [-0.3, -0.25) is 14.5 Å². The molecule has 52 heavy (non-hydrogen) atoms. The number of piperidine rings is 1. The molecule has 1 aliphatic rings. The number of rotatable bonds is 36. The molecule has 0 aromatic carbocycles. The van der Waals surface area contributed by atoms with Crippen molar-refractivity contribution in [3.63, 3.8) is 0 Å². The fourth-order valence-electron chi connectivity index (χ4n) is 7.89. The van der Waals surface area contributed by atoms with E-state index in [1.54, 1.807) is 0 Å². The quantitative estimate of drug-likeness (QED) is 0.0474. The van der Waals surface area contributed by atoms with Crippen molar-refractivity contribution in [2.24, 2.45) is 10.8 Å². The Balaban J connectivity index is 2.02. The van der Waals surface area contributed by atoms with Crippen LogP contribution in [-0.4, -0.2) is 49.2 Å². The van der Waals surface area contributed by atoms with Gasteiger partial charge in [0.05, 0.1) is 5.41 Å². The Kier molecular flexibility index (Phi) is 30.3. The molecule has 1 heterocycles. The smallest absolute Gasteiger partial charge is 0.311 e. The van der Waals surface area contributed by atoms with Gasteiger partial charge in [0.2, 0.25) is 0 Å². The van der Waals surface area contributed by atoms with Crippen molar-refractivity contribution < 1.29 is 19.1 Å². The van der Waals surface area contributed by atoms with Crippen molar-refractivity contribution in [3.8, 4) is 0 Å². The van der Waals surface area contributed by atoms with Gasteiger partial charge in [0.25, 0.3) is 0 Å². The molecule has 0 radical (unpaired) electrons. The lowest BCUT2D eigenvalue weighted by molar-refractivity contribution is -0.162. The van der Waals surface area contributed by atoms with Crippen molar-refractivity contribution in [1.29, 1.82) is 0 Å². The minimum absolute atomic E-state index is 0.00321. The van der Waals surface area contributed by atoms with Crippen LogP contribution in [0, 0.1) is 10.8 Å². The van der Waals surface area contributed by atoms with E-state index in [0.717, 1.165) is 58.2 Å². The lowest BCUT2D eigenvalue weighted by Crippen LogP contribution is -2.41. The summed E-state index contributed by atoms with van der Waals surface area (Å²) in [5, 5.41) is 0. The predicted molar refractivity (Wildman–Crippen MR) is 224 cm³/mol. The molecule has 0 N–H and O–H groups in total. The number of unbranched alkanes of at least 4 members (excludes halogenated alkanes) is 23. The van der Waals surface area contributed by atoms with Crippen LogP contribution in [0.25, 0.3) is 0 Å². The van der Waals surface area contributed by atoms with Gasteiger partial charge in [-0.1, -0.05) is 188 Å². The van der Waals surface area contributed by atoms with E-state index < -0.39 is 5.41 Å². The van der Waals surface area contributed by atoms with Gasteiger partial charge in [0.1, 0.15) is 12.7 Å². The second-order valence-electron chi connectivity index (χ2n) is 18.2. The topological polar surface area (TPSA) is 55.8 Å². The van der Waals surface area contributed by atoms with Gasteiger partial charge in [0, 0.05) is 26.1 Å². The molecule has 0 aromatic heterocycles. The van der Waals surface area contributed by atoms with Crippen LogP contribution in [0.4, 0.5) is 0 Å². The molecule has 0 bridgehead atoms. The highest BCUT2D eigenvalue weighted by Crippen LogP contribution is 2.34. The number of esters is 2. The third-order valence-electron chi connectivity index (χ3n) is 11.9. The number of hydrogen-bond donors (Lipinski definition) is 0. The molecule has 0 aliphatic carbocycles. The monoisotopic (exact) mass is 734 g/mol. The average molecular weight is 734 g/mol. The standard InChI is InChI=1S/C47H91NO4/c1-7-9-11-13-15-17-19-20-21-22-23-24-26-28-30-33-44(49)51-42-41-48-39-34-43(35-40-48)52-45(50)47(5,6)38-32-37-46(3,4)36-31-29-27-25-18-16-14-12-10-8-2/h43H,7-42H2,1-6H3. The average Bonchev–Trinajstić information content (AvgIpc) is 3.11. The Morgan fingerprint density at radius 1 is 0.538 bits per heavy atom. The van der Waals surface area contributed by atoms with Gasteiger partial charge in [-0.25, -0.2) is 0 Å². The van der Waals surface area contributed by atoms with Crippen LogP contribution in [0.1, 0.15) is 247 Å². The van der Waals surface area contributed by atoms with Crippen molar-refractivity contribution >= 4 is 11.9 Å². The third-order valence-corrected chi connectivity index (χ3v) is 11.9. The Morgan fingerprint density at radius 3 is 1.40 bits per heavy atom. The van der Waals surface area contributed by atoms with Crippen molar-refractivity contribution in [2.45, 2.75) is 253 Å². The predicted octanol–water partition coefficient (Wildman–Crippen LogP) is 14.3.